The van der Waals surface area contributed by atoms with E-state index in [0.29, 0.717) is 16.1 Å². The first-order chi connectivity index (χ1) is 13.3. The molecule has 1 aliphatic rings. The van der Waals surface area contributed by atoms with E-state index in [1.54, 1.807) is 0 Å². The second-order valence-electron chi connectivity index (χ2n) is 6.07. The first-order valence-electron chi connectivity index (χ1n) is 8.24. The van der Waals surface area contributed by atoms with Crippen molar-refractivity contribution in [2.75, 3.05) is 13.2 Å². The highest BCUT2D eigenvalue weighted by molar-refractivity contribution is 6.46. The Morgan fingerprint density at radius 1 is 1.11 bits per heavy atom. The van der Waals surface area contributed by atoms with Crippen molar-refractivity contribution in [3.8, 4) is 0 Å². The number of halogens is 1. The third-order valence-corrected chi connectivity index (χ3v) is 4.67. The first kappa shape index (κ1) is 19.5. The Morgan fingerprint density at radius 3 is 2.25 bits per heavy atom. The molecule has 0 bridgehead atoms. The SMILES string of the molecule is O=C1C(=O)N(CCO)[C@H](c2ccc([N+](=O)[O-])cc2)/C1=C(\O)c1ccc(Cl)cc1. The molecule has 8 nitrogen and oxygen atoms in total. The third kappa shape index (κ3) is 3.47. The van der Waals surface area contributed by atoms with Gasteiger partial charge in [-0.05, 0) is 42.0 Å². The summed E-state index contributed by atoms with van der Waals surface area (Å²) in [5, 5.41) is 31.3. The number of carbonyl (C=O) groups is 2. The van der Waals surface area contributed by atoms with Gasteiger partial charge in [-0.2, -0.15) is 0 Å². The number of nitrogens with zero attached hydrogens (tertiary/aromatic N) is 2. The van der Waals surface area contributed by atoms with Crippen LogP contribution in [0.1, 0.15) is 17.2 Å². The van der Waals surface area contributed by atoms with Crippen LogP contribution in [-0.2, 0) is 9.59 Å². The number of nitro benzene ring substituents is 1. The maximum absolute atomic E-state index is 12.6. The molecular formula is C19H15ClN2O6. The van der Waals surface area contributed by atoms with Crippen molar-refractivity contribution in [3.63, 3.8) is 0 Å². The predicted molar refractivity (Wildman–Crippen MR) is 101 cm³/mol. The lowest BCUT2D eigenvalue weighted by Crippen LogP contribution is -2.32. The highest BCUT2D eigenvalue weighted by atomic mass is 35.5. The van der Waals surface area contributed by atoms with Gasteiger partial charge in [0.1, 0.15) is 5.76 Å². The summed E-state index contributed by atoms with van der Waals surface area (Å²) in [6.07, 6.45) is 0. The van der Waals surface area contributed by atoms with Gasteiger partial charge in [0.25, 0.3) is 17.4 Å². The number of aliphatic hydroxyl groups is 2. The van der Waals surface area contributed by atoms with Crippen molar-refractivity contribution in [1.82, 2.24) is 4.90 Å². The molecule has 144 valence electrons. The van der Waals surface area contributed by atoms with Crippen LogP contribution in [0.15, 0.2) is 54.1 Å². The Balaban J connectivity index is 2.15. The summed E-state index contributed by atoms with van der Waals surface area (Å²) in [5.74, 6) is -2.16. The van der Waals surface area contributed by atoms with Gasteiger partial charge in [-0.25, -0.2) is 0 Å². The topological polar surface area (TPSA) is 121 Å². The number of likely N-dealkylation sites (tertiary alicyclic amines) is 1. The van der Waals surface area contributed by atoms with E-state index in [2.05, 4.69) is 0 Å². The molecule has 0 spiro atoms. The second-order valence-corrected chi connectivity index (χ2v) is 6.51. The van der Waals surface area contributed by atoms with Crippen LogP contribution in [0.2, 0.25) is 5.02 Å². The molecule has 1 amide bonds. The molecule has 2 aromatic carbocycles. The standard InChI is InChI=1S/C19H15ClN2O6/c20-13-5-1-12(2-6-13)17(24)15-16(21(9-10-23)19(26)18(15)25)11-3-7-14(8-4-11)22(27)28/h1-8,16,23-24H,9-10H2/b17-15+/t16-/m1/s1. The van der Waals surface area contributed by atoms with Gasteiger partial charge in [-0.1, -0.05) is 11.6 Å². The summed E-state index contributed by atoms with van der Waals surface area (Å²) >= 11 is 5.85. The van der Waals surface area contributed by atoms with E-state index in [0.717, 1.165) is 4.90 Å². The molecule has 1 atom stereocenters. The van der Waals surface area contributed by atoms with E-state index in [9.17, 15) is 29.9 Å². The Labute approximate surface area is 164 Å². The Hall–Kier alpha value is -3.23. The smallest absolute Gasteiger partial charge is 0.295 e. The summed E-state index contributed by atoms with van der Waals surface area (Å²) in [5.41, 5.74) is 0.377. The highest BCUT2D eigenvalue weighted by Crippen LogP contribution is 2.39. The number of ketones is 1. The van der Waals surface area contributed by atoms with Crippen molar-refractivity contribution < 1.29 is 24.7 Å². The average Bonchev–Trinajstić information content (AvgIpc) is 2.93. The molecule has 2 N–H and O–H groups in total. The van der Waals surface area contributed by atoms with Crippen molar-refractivity contribution >= 4 is 34.7 Å². The van der Waals surface area contributed by atoms with Gasteiger partial charge in [0.2, 0.25) is 0 Å². The number of benzene rings is 2. The van der Waals surface area contributed by atoms with E-state index in [4.69, 9.17) is 11.6 Å². The average molecular weight is 403 g/mol. The summed E-state index contributed by atoms with van der Waals surface area (Å²) in [7, 11) is 0. The summed E-state index contributed by atoms with van der Waals surface area (Å²) in [6, 6.07) is 10.4. The molecule has 28 heavy (non-hydrogen) atoms. The number of non-ortho nitro benzene ring substituents is 1. The van der Waals surface area contributed by atoms with Crippen LogP contribution in [0.3, 0.4) is 0 Å². The minimum Gasteiger partial charge on any atom is -0.507 e. The number of rotatable bonds is 5. The molecule has 3 rings (SSSR count). The van der Waals surface area contributed by atoms with Crippen LogP contribution < -0.4 is 0 Å². The lowest BCUT2D eigenvalue weighted by molar-refractivity contribution is -0.384. The maximum atomic E-state index is 12.6. The fourth-order valence-corrected chi connectivity index (χ4v) is 3.23. The van der Waals surface area contributed by atoms with Crippen LogP contribution >= 0.6 is 11.6 Å². The summed E-state index contributed by atoms with van der Waals surface area (Å²) < 4.78 is 0. The predicted octanol–water partition coefficient (Wildman–Crippen LogP) is 2.66. The molecule has 1 saturated heterocycles. The zero-order valence-corrected chi connectivity index (χ0v) is 15.2. The van der Waals surface area contributed by atoms with Gasteiger partial charge in [0, 0.05) is 29.3 Å². The quantitative estimate of drug-likeness (QED) is 0.261. The van der Waals surface area contributed by atoms with E-state index < -0.39 is 29.3 Å². The fraction of sp³-hybridized carbons (Fsp3) is 0.158. The number of β-amino-alcohol motifs (C(OH)–C–C–N with tert-alkyl or cyclic N) is 1. The minimum absolute atomic E-state index is 0.135. The Kier molecular flexibility index (Phi) is 5.43. The molecule has 2 aromatic rings. The van der Waals surface area contributed by atoms with Crippen LogP contribution in [0.5, 0.6) is 0 Å². The number of nitro groups is 1. The molecule has 0 aliphatic carbocycles. The lowest BCUT2D eigenvalue weighted by atomic mass is 9.95. The van der Waals surface area contributed by atoms with Crippen molar-refractivity contribution in [2.24, 2.45) is 0 Å². The molecular weight excluding hydrogens is 388 g/mol. The molecule has 9 heteroatoms. The fourth-order valence-electron chi connectivity index (χ4n) is 3.11. The highest BCUT2D eigenvalue weighted by Gasteiger charge is 2.45. The second kappa shape index (κ2) is 7.79. The van der Waals surface area contributed by atoms with Gasteiger partial charge < -0.3 is 15.1 Å². The molecule has 0 aromatic heterocycles. The van der Waals surface area contributed by atoms with E-state index in [1.165, 1.54) is 48.5 Å². The number of hydrogen-bond acceptors (Lipinski definition) is 6. The summed E-state index contributed by atoms with van der Waals surface area (Å²) in [6.45, 7) is -0.527. The van der Waals surface area contributed by atoms with Crippen LogP contribution in [0.25, 0.3) is 5.76 Å². The van der Waals surface area contributed by atoms with Crippen molar-refractivity contribution in [1.29, 1.82) is 0 Å². The molecule has 0 unspecified atom stereocenters. The normalized spacial score (nSPS) is 18.5. The van der Waals surface area contributed by atoms with E-state index in [-0.39, 0.29) is 23.6 Å². The van der Waals surface area contributed by atoms with Crippen LogP contribution in [0.4, 0.5) is 5.69 Å². The number of hydrogen-bond donors (Lipinski definition) is 2. The van der Waals surface area contributed by atoms with Crippen molar-refractivity contribution in [3.05, 3.63) is 80.4 Å². The lowest BCUT2D eigenvalue weighted by Gasteiger charge is -2.24. The van der Waals surface area contributed by atoms with Gasteiger partial charge >= 0.3 is 0 Å². The first-order valence-corrected chi connectivity index (χ1v) is 8.62. The Bertz CT molecular complexity index is 969. The molecule has 1 aliphatic heterocycles. The largest absolute Gasteiger partial charge is 0.507 e. The van der Waals surface area contributed by atoms with Gasteiger partial charge in [-0.15, -0.1) is 0 Å². The zero-order valence-electron chi connectivity index (χ0n) is 14.4. The monoisotopic (exact) mass is 402 g/mol. The molecule has 0 radical (unpaired) electrons. The van der Waals surface area contributed by atoms with E-state index >= 15 is 0 Å². The number of amides is 1. The van der Waals surface area contributed by atoms with Crippen LogP contribution in [0, 0.1) is 10.1 Å². The number of aliphatic hydroxyl groups excluding tert-OH is 2. The third-order valence-electron chi connectivity index (χ3n) is 4.42. The summed E-state index contributed by atoms with van der Waals surface area (Å²) in [4.78, 5) is 36.5. The van der Waals surface area contributed by atoms with Gasteiger partial charge in [-0.3, -0.25) is 19.7 Å². The zero-order chi connectivity index (χ0) is 20.4. The van der Waals surface area contributed by atoms with Gasteiger partial charge in [0.15, 0.2) is 0 Å². The maximum Gasteiger partial charge on any atom is 0.295 e. The Morgan fingerprint density at radius 2 is 1.71 bits per heavy atom. The number of Topliss-reactive ketones (excluding diaryl/α,β-unsaturated/α-hetero) is 1. The van der Waals surface area contributed by atoms with Crippen LogP contribution in [-0.4, -0.2) is 44.9 Å². The van der Waals surface area contributed by atoms with E-state index in [1.807, 2.05) is 0 Å². The molecule has 0 saturated carbocycles. The molecule has 1 fully saturated rings. The minimum atomic E-state index is -0.983. The molecule has 1 heterocycles. The van der Waals surface area contributed by atoms with Crippen molar-refractivity contribution in [2.45, 2.75) is 6.04 Å². The van der Waals surface area contributed by atoms with Gasteiger partial charge in [0.05, 0.1) is 23.1 Å². The number of carbonyl (C=O) groups excluding carboxylic acids is 2.